The maximum Gasteiger partial charge on any atom is 0.356 e. The molecule has 424 valence electrons. The third-order valence-corrected chi connectivity index (χ3v) is 16.6. The summed E-state index contributed by atoms with van der Waals surface area (Å²) in [6, 6.07) is 27.9. The molecule has 8 aromatic rings. The maximum atomic E-state index is 13.6. The van der Waals surface area contributed by atoms with E-state index < -0.39 is 26.3 Å². The van der Waals surface area contributed by atoms with Gasteiger partial charge in [-0.15, -0.1) is 0 Å². The topological polar surface area (TPSA) is 312 Å². The van der Waals surface area contributed by atoms with Crippen molar-refractivity contribution >= 4 is 83.2 Å². The number of hydrogen-bond donors (Lipinski definition) is 4. The van der Waals surface area contributed by atoms with E-state index in [1.54, 1.807) is 40.5 Å². The molecule has 0 saturated heterocycles. The number of carbonyl (C=O) groups is 2. The summed E-state index contributed by atoms with van der Waals surface area (Å²) in [6.45, 7) is 8.79. The summed E-state index contributed by atoms with van der Waals surface area (Å²) in [6.07, 6.45) is 2.31. The van der Waals surface area contributed by atoms with Crippen LogP contribution >= 0.6 is 38.7 Å². The van der Waals surface area contributed by atoms with Crippen LogP contribution in [-0.4, -0.2) is 107 Å². The average Bonchev–Trinajstić information content (AvgIpc) is 4.05. The molecule has 4 aromatic carbocycles. The first kappa shape index (κ1) is 60.9. The van der Waals surface area contributed by atoms with Gasteiger partial charge in [0.05, 0.1) is 59.4 Å². The Hall–Kier alpha value is -6.76. The van der Waals surface area contributed by atoms with Crippen molar-refractivity contribution in [2.45, 2.75) is 54.0 Å². The summed E-state index contributed by atoms with van der Waals surface area (Å²) in [7, 11) is -5.81. The van der Waals surface area contributed by atoms with Gasteiger partial charge in [0.25, 0.3) is 11.1 Å². The molecule has 0 aliphatic heterocycles. The van der Waals surface area contributed by atoms with Crippen molar-refractivity contribution in [2.75, 3.05) is 69.2 Å². The van der Waals surface area contributed by atoms with Crippen molar-refractivity contribution < 1.29 is 51.0 Å². The third-order valence-electron chi connectivity index (χ3n) is 11.7. The highest BCUT2D eigenvalue weighted by molar-refractivity contribution is 8.14. The minimum Gasteiger partial charge on any atom is -0.496 e. The zero-order chi connectivity index (χ0) is 57.2. The summed E-state index contributed by atoms with van der Waals surface area (Å²) in [5, 5.41) is -0.245. The van der Waals surface area contributed by atoms with E-state index >= 15 is 0 Å². The number of nitrogens with two attached hydrogens (primary N) is 2. The molecule has 8 rings (SSSR count). The fourth-order valence-corrected chi connectivity index (χ4v) is 11.4. The van der Waals surface area contributed by atoms with E-state index in [0.717, 1.165) is 56.9 Å². The largest absolute Gasteiger partial charge is 0.496 e. The van der Waals surface area contributed by atoms with Crippen molar-refractivity contribution in [3.05, 3.63) is 169 Å². The highest BCUT2D eigenvalue weighted by Gasteiger charge is 2.28. The molecule has 0 fully saturated rings. The molecule has 0 bridgehead atoms. The number of aromatic nitrogens is 8. The Morgan fingerprint density at radius 2 is 0.988 bits per heavy atom. The van der Waals surface area contributed by atoms with Crippen LogP contribution in [0.25, 0.3) is 22.3 Å². The molecule has 2 unspecified atom stereocenters. The Kier molecular flexibility index (Phi) is 22.1. The van der Waals surface area contributed by atoms with Crippen LogP contribution in [0.4, 0.5) is 11.9 Å². The molecule has 80 heavy (non-hydrogen) atoms. The fraction of sp³-hybridized carbons (Fsp3) is 0.321. The molecule has 0 spiro atoms. The van der Waals surface area contributed by atoms with Gasteiger partial charge in [0, 0.05) is 35.7 Å². The highest BCUT2D eigenvalue weighted by atomic mass is 32.2. The number of rotatable bonds is 27. The number of nitrogen functional groups attached to an aromatic ring is 2. The van der Waals surface area contributed by atoms with E-state index in [9.17, 15) is 28.3 Å². The number of aryl methyl sites for hydroxylation is 4. The summed E-state index contributed by atoms with van der Waals surface area (Å²) in [5.41, 5.74) is 18.3. The van der Waals surface area contributed by atoms with Gasteiger partial charge in [0.15, 0.2) is 22.3 Å². The molecule has 0 saturated carbocycles. The summed E-state index contributed by atoms with van der Waals surface area (Å²) in [5.74, 6) is 1.15. The quantitative estimate of drug-likeness (QED) is 0.0276. The number of H-pyrrole nitrogens is 2. The first-order chi connectivity index (χ1) is 38.4. The second-order valence-electron chi connectivity index (χ2n) is 17.9. The first-order valence-electron chi connectivity index (χ1n) is 24.9. The number of hydrogen-bond acceptors (Lipinski definition) is 21. The van der Waals surface area contributed by atoms with Gasteiger partial charge in [-0.25, -0.2) is 9.97 Å². The van der Waals surface area contributed by atoms with Crippen molar-refractivity contribution in [3.8, 4) is 5.75 Å². The number of aromatic amines is 2. The number of imidazole rings is 2. The Labute approximate surface area is 468 Å². The lowest BCUT2D eigenvalue weighted by Crippen LogP contribution is -2.13. The molecule has 6 N–H and O–H groups in total. The monoisotopic (exact) mass is 1170 g/mol. The van der Waals surface area contributed by atoms with Crippen molar-refractivity contribution in [3.63, 3.8) is 0 Å². The molecule has 27 heteroatoms. The lowest BCUT2D eigenvalue weighted by molar-refractivity contribution is 0.108. The van der Waals surface area contributed by atoms with Gasteiger partial charge in [-0.3, -0.25) is 38.3 Å². The Morgan fingerprint density at radius 3 is 1.43 bits per heavy atom. The fourth-order valence-electron chi connectivity index (χ4n) is 7.31. The molecule has 2 atom stereocenters. The van der Waals surface area contributed by atoms with Crippen LogP contribution in [0.15, 0.2) is 113 Å². The molecular formula is C53H62N10O13P2S2. The van der Waals surface area contributed by atoms with E-state index in [2.05, 4.69) is 29.9 Å². The molecule has 0 radical (unpaired) electrons. The number of benzene rings is 4. The summed E-state index contributed by atoms with van der Waals surface area (Å²) >= 11 is 2.13. The molecule has 4 aromatic heterocycles. The van der Waals surface area contributed by atoms with Gasteiger partial charge in [-0.1, -0.05) is 119 Å². The van der Waals surface area contributed by atoms with Crippen LogP contribution < -0.4 is 27.3 Å². The molecule has 23 nitrogen and oxygen atoms in total. The molecule has 0 amide bonds. The normalized spacial score (nSPS) is 12.9. The van der Waals surface area contributed by atoms with Crippen molar-refractivity contribution in [1.29, 1.82) is 0 Å². The molecular weight excluding hydrogens is 1110 g/mol. The van der Waals surface area contributed by atoms with E-state index in [0.29, 0.717) is 33.9 Å². The Balaban J connectivity index is 0.000000231. The highest BCUT2D eigenvalue weighted by Crippen LogP contribution is 2.50. The van der Waals surface area contributed by atoms with Crippen LogP contribution in [0.5, 0.6) is 5.75 Å². The van der Waals surface area contributed by atoms with Crippen molar-refractivity contribution in [1.82, 2.24) is 39.0 Å². The van der Waals surface area contributed by atoms with Crippen molar-refractivity contribution in [2.24, 2.45) is 0 Å². The molecule has 0 aliphatic carbocycles. The number of methoxy groups -OCH3 is 1. The zero-order valence-electron chi connectivity index (χ0n) is 44.7. The van der Waals surface area contributed by atoms with Gasteiger partial charge in [-0.05, 0) is 56.5 Å². The second-order valence-corrected chi connectivity index (χ2v) is 24.1. The average molecular weight is 1170 g/mol. The maximum absolute atomic E-state index is 13.6. The number of anilines is 2. The van der Waals surface area contributed by atoms with Crippen LogP contribution in [-0.2, 0) is 63.0 Å². The second kappa shape index (κ2) is 29.1. The minimum atomic E-state index is -3.70. The number of fused-ring (bicyclic) bond motifs is 2. The molecule has 0 aliphatic rings. The minimum absolute atomic E-state index is 0.00602. The predicted octanol–water partition coefficient (Wildman–Crippen LogP) is 8.59. The third kappa shape index (κ3) is 17.9. The first-order valence-corrected chi connectivity index (χ1v) is 30.3. The number of nitrogens with zero attached hydrogens (tertiary/aromatic N) is 6. The van der Waals surface area contributed by atoms with Gasteiger partial charge < -0.3 is 52.9 Å². The molecule has 4 heterocycles. The van der Waals surface area contributed by atoms with E-state index in [4.69, 9.17) is 43.8 Å². The number of carbonyl (C=O) groups excluding carboxylic acids is 2. The smallest absolute Gasteiger partial charge is 0.356 e. The SMILES string of the molecule is COc1cc(C(=O)SCCOP(=O)(COCCn2cnc3c(=O)[nH]c(N)nc32)OCc2ccc(C)cc2)ccc1C.Cc1ccc(COP(=O)(COCCn2cnc3c(=O)[nH]c(N)nc32)OCCSC(=O)c2ccc(C)cc2)cc1. The van der Waals surface area contributed by atoms with E-state index in [1.165, 1.54) is 12.7 Å². The number of thioether (sulfide) groups is 2. The Bertz CT molecular complexity index is 3600. The van der Waals surface area contributed by atoms with Crippen LogP contribution in [0, 0.1) is 27.7 Å². The van der Waals surface area contributed by atoms with Gasteiger partial charge in [-0.2, -0.15) is 9.97 Å². The predicted molar refractivity (Wildman–Crippen MR) is 308 cm³/mol. The number of ether oxygens (including phenoxy) is 3. The van der Waals surface area contributed by atoms with Crippen LogP contribution in [0.3, 0.4) is 0 Å². The lowest BCUT2D eigenvalue weighted by atomic mass is 10.1. The van der Waals surface area contributed by atoms with Gasteiger partial charge >= 0.3 is 15.2 Å². The van der Waals surface area contributed by atoms with Crippen LogP contribution in [0.2, 0.25) is 0 Å². The van der Waals surface area contributed by atoms with Crippen LogP contribution in [0.1, 0.15) is 54.1 Å². The summed E-state index contributed by atoms with van der Waals surface area (Å²) in [4.78, 5) is 70.2. The number of nitrogens with one attached hydrogen (secondary N) is 2. The van der Waals surface area contributed by atoms with E-state index in [-0.39, 0.29) is 104 Å². The van der Waals surface area contributed by atoms with Gasteiger partial charge in [0.2, 0.25) is 22.1 Å². The lowest BCUT2D eigenvalue weighted by Gasteiger charge is -2.19. The van der Waals surface area contributed by atoms with E-state index in [1.807, 2.05) is 94.4 Å². The summed E-state index contributed by atoms with van der Waals surface area (Å²) < 4.78 is 69.8. The zero-order valence-corrected chi connectivity index (χ0v) is 48.1. The van der Waals surface area contributed by atoms with Gasteiger partial charge in [0.1, 0.15) is 18.4 Å². The standard InChI is InChI=1S/C27H32N5O7PS.C26H30N5O6PS/c1-18-4-7-20(8-5-18)15-39-40(35,38-12-13-41-26(34)21-9-6-19(2)22(14-21)36-3)17-37-11-10-32-16-29-23-24(32)30-27(28)31-25(23)33;1-18-3-7-20(8-4-18)15-37-38(34,36-13-14-39-25(33)21-9-5-19(2)6-10-21)17-35-12-11-31-16-28-22-23(31)29-26(27)30-24(22)32/h4-9,14,16H,10-13,15,17H2,1-3H3,(H3,28,30,31,33);3-10,16H,11-15,17H2,1-2H3,(H3,27,29,30,32). The Morgan fingerprint density at radius 1 is 0.575 bits per heavy atom.